The number of hydrogen-bond donors (Lipinski definition) is 1. The molecule has 10 heteroatoms. The number of halogens is 1. The normalized spacial score (nSPS) is 15.3. The zero-order valence-corrected chi connectivity index (χ0v) is 16.2. The van der Waals surface area contributed by atoms with Crippen molar-refractivity contribution in [3.05, 3.63) is 54.0 Å². The van der Waals surface area contributed by atoms with Crippen molar-refractivity contribution in [2.75, 3.05) is 33.3 Å². The van der Waals surface area contributed by atoms with Crippen LogP contribution < -0.4 is 10.1 Å². The Balaban J connectivity index is 1.52. The predicted molar refractivity (Wildman–Crippen MR) is 99.8 cm³/mol. The summed E-state index contributed by atoms with van der Waals surface area (Å²) < 4.78 is 44.5. The molecule has 2 aromatic rings. The zero-order valence-electron chi connectivity index (χ0n) is 15.3. The number of ether oxygens (including phenoxy) is 1. The lowest BCUT2D eigenvalue weighted by molar-refractivity contribution is 0.172. The molecule has 0 unspecified atom stereocenters. The highest BCUT2D eigenvalue weighted by molar-refractivity contribution is 7.89. The van der Waals surface area contributed by atoms with Crippen molar-refractivity contribution in [2.45, 2.75) is 11.4 Å². The molecule has 1 N–H and O–H groups in total. The molecule has 0 aliphatic carbocycles. The fourth-order valence-electron chi connectivity index (χ4n) is 2.81. The summed E-state index contributed by atoms with van der Waals surface area (Å²) in [5.41, 5.74) is 0.826. The second-order valence-electron chi connectivity index (χ2n) is 6.21. The van der Waals surface area contributed by atoms with Crippen LogP contribution in [0.15, 0.2) is 47.5 Å². The van der Waals surface area contributed by atoms with E-state index in [9.17, 15) is 17.6 Å². The van der Waals surface area contributed by atoms with Crippen molar-refractivity contribution in [1.82, 2.24) is 19.5 Å². The molecule has 1 saturated heterocycles. The fraction of sp³-hybridized carbons (Fsp3) is 0.333. The predicted octanol–water partition coefficient (Wildman–Crippen LogP) is 1.45. The summed E-state index contributed by atoms with van der Waals surface area (Å²) >= 11 is 0. The van der Waals surface area contributed by atoms with Crippen LogP contribution in [-0.4, -0.2) is 61.9 Å². The van der Waals surface area contributed by atoms with Crippen LogP contribution in [0.5, 0.6) is 5.88 Å². The molecule has 0 saturated carbocycles. The Labute approximate surface area is 163 Å². The van der Waals surface area contributed by atoms with Crippen LogP contribution >= 0.6 is 0 Å². The summed E-state index contributed by atoms with van der Waals surface area (Å²) in [7, 11) is -2.17. The molecular formula is C18H21FN4O4S. The second kappa shape index (κ2) is 8.53. The topological polar surface area (TPSA) is 91.8 Å². The number of rotatable bonds is 5. The molecule has 1 aromatic carbocycles. The van der Waals surface area contributed by atoms with Gasteiger partial charge in [-0.15, -0.1) is 0 Å². The molecule has 1 fully saturated rings. The van der Waals surface area contributed by atoms with E-state index in [1.165, 1.54) is 23.5 Å². The summed E-state index contributed by atoms with van der Waals surface area (Å²) in [4.78, 5) is 18.0. The first-order valence-corrected chi connectivity index (χ1v) is 10.1. The highest BCUT2D eigenvalue weighted by Crippen LogP contribution is 2.18. The highest BCUT2D eigenvalue weighted by atomic mass is 32.2. The summed E-state index contributed by atoms with van der Waals surface area (Å²) in [6, 6.07) is 7.96. The molecule has 2 heterocycles. The van der Waals surface area contributed by atoms with Gasteiger partial charge in [-0.2, -0.15) is 4.31 Å². The molecule has 8 nitrogen and oxygen atoms in total. The molecule has 0 radical (unpaired) electrons. The minimum atomic E-state index is -3.70. The SMILES string of the molecule is COc1ccc(CNC(=O)N2CCN(S(=O)(=O)c3ccc(F)cc3)CC2)cn1. The maximum atomic E-state index is 13.0. The van der Waals surface area contributed by atoms with Crippen molar-refractivity contribution in [2.24, 2.45) is 0 Å². The third-order valence-corrected chi connectivity index (χ3v) is 6.34. The Morgan fingerprint density at radius 1 is 1.14 bits per heavy atom. The van der Waals surface area contributed by atoms with Gasteiger partial charge in [0.15, 0.2) is 0 Å². The molecular weight excluding hydrogens is 387 g/mol. The second-order valence-corrected chi connectivity index (χ2v) is 8.15. The van der Waals surface area contributed by atoms with Crippen LogP contribution in [0.4, 0.5) is 9.18 Å². The number of sulfonamides is 1. The van der Waals surface area contributed by atoms with E-state index in [4.69, 9.17) is 4.74 Å². The molecule has 0 spiro atoms. The van der Waals surface area contributed by atoms with E-state index in [0.717, 1.165) is 17.7 Å². The molecule has 1 aliphatic rings. The van der Waals surface area contributed by atoms with Gasteiger partial charge in [0.1, 0.15) is 5.82 Å². The van der Waals surface area contributed by atoms with E-state index >= 15 is 0 Å². The Morgan fingerprint density at radius 2 is 1.82 bits per heavy atom. The number of benzene rings is 1. The van der Waals surface area contributed by atoms with E-state index in [0.29, 0.717) is 12.4 Å². The molecule has 2 amide bonds. The molecule has 150 valence electrons. The van der Waals surface area contributed by atoms with Gasteiger partial charge in [0.05, 0.1) is 12.0 Å². The number of nitrogens with zero attached hydrogens (tertiary/aromatic N) is 3. The molecule has 3 rings (SSSR count). The number of pyridine rings is 1. The Hall–Kier alpha value is -2.72. The van der Waals surface area contributed by atoms with E-state index in [-0.39, 0.29) is 37.1 Å². The number of aromatic nitrogens is 1. The van der Waals surface area contributed by atoms with Crippen LogP contribution in [0, 0.1) is 5.82 Å². The lowest BCUT2D eigenvalue weighted by atomic mass is 10.3. The van der Waals surface area contributed by atoms with Crippen molar-refractivity contribution in [3.8, 4) is 5.88 Å². The first-order chi connectivity index (χ1) is 13.4. The summed E-state index contributed by atoms with van der Waals surface area (Å²) in [5.74, 6) is 0.000984. The van der Waals surface area contributed by atoms with Crippen molar-refractivity contribution in [3.63, 3.8) is 0 Å². The number of carbonyl (C=O) groups excluding carboxylic acids is 1. The van der Waals surface area contributed by atoms with Crippen molar-refractivity contribution in [1.29, 1.82) is 0 Å². The van der Waals surface area contributed by atoms with Crippen LogP contribution in [0.3, 0.4) is 0 Å². The quantitative estimate of drug-likeness (QED) is 0.809. The maximum absolute atomic E-state index is 13.0. The first kappa shape index (κ1) is 20.0. The minimum absolute atomic E-state index is 0.0406. The lowest BCUT2D eigenvalue weighted by Crippen LogP contribution is -2.52. The van der Waals surface area contributed by atoms with Crippen molar-refractivity contribution >= 4 is 16.1 Å². The molecule has 0 bridgehead atoms. The molecule has 28 heavy (non-hydrogen) atoms. The smallest absolute Gasteiger partial charge is 0.317 e. The van der Waals surface area contributed by atoms with Crippen LogP contribution in [0.25, 0.3) is 0 Å². The number of urea groups is 1. The number of piperazine rings is 1. The Morgan fingerprint density at radius 3 is 2.39 bits per heavy atom. The number of hydrogen-bond acceptors (Lipinski definition) is 5. The summed E-state index contributed by atoms with van der Waals surface area (Å²) in [5, 5.41) is 2.79. The third-order valence-electron chi connectivity index (χ3n) is 4.43. The lowest BCUT2D eigenvalue weighted by Gasteiger charge is -2.34. The first-order valence-electron chi connectivity index (χ1n) is 8.67. The molecule has 1 aromatic heterocycles. The average molecular weight is 408 g/mol. The van der Waals surface area contributed by atoms with Gasteiger partial charge in [0.2, 0.25) is 15.9 Å². The van der Waals surface area contributed by atoms with Gasteiger partial charge in [-0.1, -0.05) is 6.07 Å². The largest absolute Gasteiger partial charge is 0.481 e. The fourth-order valence-corrected chi connectivity index (χ4v) is 4.24. The van der Waals surface area contributed by atoms with E-state index < -0.39 is 15.8 Å². The van der Waals surface area contributed by atoms with Gasteiger partial charge in [-0.25, -0.2) is 22.6 Å². The van der Waals surface area contributed by atoms with Gasteiger partial charge >= 0.3 is 6.03 Å². The van der Waals surface area contributed by atoms with Crippen LogP contribution in [-0.2, 0) is 16.6 Å². The Bertz CT molecular complexity index is 912. The number of carbonyl (C=O) groups is 1. The van der Waals surface area contributed by atoms with E-state index in [1.54, 1.807) is 23.2 Å². The van der Waals surface area contributed by atoms with E-state index in [1.807, 2.05) is 0 Å². The Kier molecular flexibility index (Phi) is 6.10. The minimum Gasteiger partial charge on any atom is -0.481 e. The maximum Gasteiger partial charge on any atom is 0.317 e. The zero-order chi connectivity index (χ0) is 20.1. The van der Waals surface area contributed by atoms with Gasteiger partial charge in [0.25, 0.3) is 0 Å². The van der Waals surface area contributed by atoms with Gasteiger partial charge in [-0.3, -0.25) is 0 Å². The number of methoxy groups -OCH3 is 1. The number of nitrogens with one attached hydrogen (secondary N) is 1. The monoisotopic (exact) mass is 408 g/mol. The third kappa shape index (κ3) is 4.57. The standard InChI is InChI=1S/C18H21FN4O4S/c1-27-17-7-2-14(12-20-17)13-21-18(24)22-8-10-23(11-9-22)28(25,26)16-5-3-15(19)4-6-16/h2-7,12H,8-11,13H2,1H3,(H,21,24). The van der Waals surface area contributed by atoms with E-state index in [2.05, 4.69) is 10.3 Å². The molecule has 1 aliphatic heterocycles. The summed E-state index contributed by atoms with van der Waals surface area (Å²) in [6.07, 6.45) is 1.62. The molecule has 0 atom stereocenters. The van der Waals surface area contributed by atoms with Crippen LogP contribution in [0.2, 0.25) is 0 Å². The number of amides is 2. The average Bonchev–Trinajstić information content (AvgIpc) is 2.73. The van der Waals surface area contributed by atoms with Crippen molar-refractivity contribution < 1.29 is 22.3 Å². The van der Waals surface area contributed by atoms with Gasteiger partial charge in [-0.05, 0) is 29.8 Å². The van der Waals surface area contributed by atoms with Gasteiger partial charge < -0.3 is 15.0 Å². The summed E-state index contributed by atoms with van der Waals surface area (Å²) in [6.45, 7) is 1.21. The highest BCUT2D eigenvalue weighted by Gasteiger charge is 2.30. The van der Waals surface area contributed by atoms with Gasteiger partial charge in [0, 0.05) is 45.0 Å². The van der Waals surface area contributed by atoms with Crippen LogP contribution in [0.1, 0.15) is 5.56 Å².